The monoisotopic (exact) mass is 218 g/mol. The predicted molar refractivity (Wildman–Crippen MR) is 65.1 cm³/mol. The zero-order valence-corrected chi connectivity index (χ0v) is 9.62. The largest absolute Gasteiger partial charge is 0.495 e. The molecule has 0 spiro atoms. The second-order valence-corrected chi connectivity index (χ2v) is 4.05. The fourth-order valence-electron chi connectivity index (χ4n) is 1.92. The molecule has 0 saturated carbocycles. The maximum atomic E-state index is 5.84. The molecule has 3 heteroatoms. The second-order valence-electron chi connectivity index (χ2n) is 4.05. The Balaban J connectivity index is 2.06. The minimum absolute atomic E-state index is 0.792. The topological polar surface area (TPSA) is 47.3 Å². The number of rotatable bonds is 3. The number of nitrogens with one attached hydrogen (secondary N) is 1. The van der Waals surface area contributed by atoms with E-state index in [0.717, 1.165) is 37.1 Å². The Morgan fingerprint density at radius 3 is 2.81 bits per heavy atom. The van der Waals surface area contributed by atoms with Crippen LogP contribution < -0.4 is 11.1 Å². The van der Waals surface area contributed by atoms with E-state index < -0.39 is 0 Å². The Bertz CT molecular complexity index is 389. The molecule has 0 aliphatic heterocycles. The van der Waals surface area contributed by atoms with Crippen molar-refractivity contribution in [2.45, 2.75) is 25.7 Å². The zero-order chi connectivity index (χ0) is 11.4. The summed E-state index contributed by atoms with van der Waals surface area (Å²) in [5.74, 6) is 0.792. The van der Waals surface area contributed by atoms with Crippen LogP contribution in [0.25, 0.3) is 0 Å². The van der Waals surface area contributed by atoms with Crippen LogP contribution >= 0.6 is 0 Å². The molecule has 0 saturated heterocycles. The van der Waals surface area contributed by atoms with E-state index >= 15 is 0 Å². The van der Waals surface area contributed by atoms with Crippen molar-refractivity contribution in [2.75, 3.05) is 7.11 Å². The summed E-state index contributed by atoms with van der Waals surface area (Å²) in [6.07, 6.45) is 12.4. The van der Waals surface area contributed by atoms with Gasteiger partial charge in [-0.05, 0) is 31.8 Å². The quantitative estimate of drug-likeness (QED) is 0.764. The fraction of sp³-hybridized carbons (Fsp3) is 0.385. The van der Waals surface area contributed by atoms with Crippen LogP contribution in [0, 0.1) is 0 Å². The van der Waals surface area contributed by atoms with Crippen molar-refractivity contribution in [3.05, 3.63) is 47.2 Å². The summed E-state index contributed by atoms with van der Waals surface area (Å²) >= 11 is 0. The van der Waals surface area contributed by atoms with Gasteiger partial charge >= 0.3 is 0 Å². The first-order valence-electron chi connectivity index (χ1n) is 5.65. The lowest BCUT2D eigenvalue weighted by molar-refractivity contribution is 0.297. The van der Waals surface area contributed by atoms with Crippen molar-refractivity contribution in [3.8, 4) is 0 Å². The van der Waals surface area contributed by atoms with Crippen LogP contribution in [-0.4, -0.2) is 7.11 Å². The van der Waals surface area contributed by atoms with Gasteiger partial charge in [0, 0.05) is 17.5 Å². The third kappa shape index (κ3) is 2.48. The van der Waals surface area contributed by atoms with Gasteiger partial charge in [-0.2, -0.15) is 0 Å². The summed E-state index contributed by atoms with van der Waals surface area (Å²) in [5, 5.41) is 3.44. The number of allylic oxidation sites excluding steroid dienone is 7. The summed E-state index contributed by atoms with van der Waals surface area (Å²) in [4.78, 5) is 0. The Morgan fingerprint density at radius 1 is 1.25 bits per heavy atom. The van der Waals surface area contributed by atoms with Gasteiger partial charge in [0.1, 0.15) is 5.76 Å². The molecule has 2 aliphatic carbocycles. The van der Waals surface area contributed by atoms with Crippen molar-refractivity contribution >= 4 is 0 Å². The SMILES string of the molecule is COC1=C(N)CCC(NC2=CC=CCC2)=C1. The lowest BCUT2D eigenvalue weighted by Crippen LogP contribution is -2.18. The summed E-state index contributed by atoms with van der Waals surface area (Å²) in [7, 11) is 1.66. The molecule has 16 heavy (non-hydrogen) atoms. The molecule has 0 radical (unpaired) electrons. The molecule has 0 bridgehead atoms. The highest BCUT2D eigenvalue weighted by Gasteiger charge is 2.12. The molecular weight excluding hydrogens is 200 g/mol. The first kappa shape index (κ1) is 10.9. The molecular formula is C13H18N2O. The highest BCUT2D eigenvalue weighted by Crippen LogP contribution is 2.21. The third-order valence-electron chi connectivity index (χ3n) is 2.84. The fourth-order valence-corrected chi connectivity index (χ4v) is 1.92. The number of hydrogen-bond donors (Lipinski definition) is 2. The number of methoxy groups -OCH3 is 1. The van der Waals surface area contributed by atoms with Gasteiger partial charge in [0.25, 0.3) is 0 Å². The molecule has 86 valence electrons. The Hall–Kier alpha value is -1.64. The average Bonchev–Trinajstić information content (AvgIpc) is 2.33. The van der Waals surface area contributed by atoms with Gasteiger partial charge in [0.05, 0.1) is 12.8 Å². The molecule has 0 amide bonds. The van der Waals surface area contributed by atoms with E-state index in [-0.39, 0.29) is 0 Å². The molecule has 2 rings (SSSR count). The molecule has 0 fully saturated rings. The Labute approximate surface area is 96.4 Å². The van der Waals surface area contributed by atoms with Gasteiger partial charge in [-0.3, -0.25) is 0 Å². The minimum Gasteiger partial charge on any atom is -0.495 e. The van der Waals surface area contributed by atoms with Gasteiger partial charge in [-0.25, -0.2) is 0 Å². The van der Waals surface area contributed by atoms with Crippen LogP contribution in [0.3, 0.4) is 0 Å². The summed E-state index contributed by atoms with van der Waals surface area (Å²) in [6, 6.07) is 0. The van der Waals surface area contributed by atoms with E-state index in [0.29, 0.717) is 0 Å². The van der Waals surface area contributed by atoms with Crippen LogP contribution in [0.15, 0.2) is 47.2 Å². The minimum atomic E-state index is 0.792. The predicted octanol–water partition coefficient (Wildman–Crippen LogP) is 2.30. The first-order valence-corrected chi connectivity index (χ1v) is 5.65. The van der Waals surface area contributed by atoms with E-state index in [1.807, 2.05) is 6.08 Å². The Morgan fingerprint density at radius 2 is 2.12 bits per heavy atom. The first-order chi connectivity index (χ1) is 7.79. The summed E-state index contributed by atoms with van der Waals surface area (Å²) in [6.45, 7) is 0. The number of hydrogen-bond acceptors (Lipinski definition) is 3. The van der Waals surface area contributed by atoms with Crippen LogP contribution in [0.2, 0.25) is 0 Å². The van der Waals surface area contributed by atoms with Crippen molar-refractivity contribution in [1.29, 1.82) is 0 Å². The standard InChI is InChI=1S/C13H18N2O/c1-16-13-9-11(7-8-12(13)14)15-10-5-3-2-4-6-10/h2-3,5,9,15H,4,6-8,14H2,1H3. The second kappa shape index (κ2) is 4.92. The lowest BCUT2D eigenvalue weighted by atomic mass is 10.1. The molecule has 3 nitrogen and oxygen atoms in total. The van der Waals surface area contributed by atoms with Crippen LogP contribution in [0.1, 0.15) is 25.7 Å². The smallest absolute Gasteiger partial charge is 0.139 e. The lowest BCUT2D eigenvalue weighted by Gasteiger charge is -2.20. The van der Waals surface area contributed by atoms with E-state index in [9.17, 15) is 0 Å². The highest BCUT2D eigenvalue weighted by molar-refractivity contribution is 5.30. The average molecular weight is 218 g/mol. The van der Waals surface area contributed by atoms with Gasteiger partial charge < -0.3 is 15.8 Å². The van der Waals surface area contributed by atoms with Gasteiger partial charge in [0.15, 0.2) is 0 Å². The van der Waals surface area contributed by atoms with E-state index in [1.54, 1.807) is 7.11 Å². The van der Waals surface area contributed by atoms with Crippen LogP contribution in [0.4, 0.5) is 0 Å². The van der Waals surface area contributed by atoms with E-state index in [4.69, 9.17) is 10.5 Å². The number of nitrogens with two attached hydrogens (primary N) is 1. The van der Waals surface area contributed by atoms with Crippen LogP contribution in [-0.2, 0) is 4.74 Å². The van der Waals surface area contributed by atoms with Gasteiger partial charge in [-0.15, -0.1) is 0 Å². The van der Waals surface area contributed by atoms with Crippen molar-refractivity contribution in [3.63, 3.8) is 0 Å². The Kier molecular flexibility index (Phi) is 3.34. The molecule has 0 atom stereocenters. The zero-order valence-electron chi connectivity index (χ0n) is 9.62. The van der Waals surface area contributed by atoms with Crippen molar-refractivity contribution in [2.24, 2.45) is 5.73 Å². The van der Waals surface area contributed by atoms with Gasteiger partial charge in [-0.1, -0.05) is 12.2 Å². The van der Waals surface area contributed by atoms with E-state index in [2.05, 4.69) is 23.5 Å². The maximum Gasteiger partial charge on any atom is 0.139 e. The van der Waals surface area contributed by atoms with Crippen molar-refractivity contribution < 1.29 is 4.74 Å². The highest BCUT2D eigenvalue weighted by atomic mass is 16.5. The molecule has 3 N–H and O–H groups in total. The normalized spacial score (nSPS) is 20.3. The molecule has 0 aromatic carbocycles. The number of ether oxygens (including phenoxy) is 1. The maximum absolute atomic E-state index is 5.84. The van der Waals surface area contributed by atoms with E-state index in [1.165, 1.54) is 11.4 Å². The third-order valence-corrected chi connectivity index (χ3v) is 2.84. The summed E-state index contributed by atoms with van der Waals surface area (Å²) < 4.78 is 5.23. The van der Waals surface area contributed by atoms with Gasteiger partial charge in [0.2, 0.25) is 0 Å². The molecule has 2 aliphatic rings. The van der Waals surface area contributed by atoms with Crippen LogP contribution in [0.5, 0.6) is 0 Å². The molecule has 0 aromatic heterocycles. The summed E-state index contributed by atoms with van der Waals surface area (Å²) in [5.41, 5.74) is 9.14. The molecule has 0 unspecified atom stereocenters. The molecule has 0 aromatic rings. The van der Waals surface area contributed by atoms with Crippen molar-refractivity contribution in [1.82, 2.24) is 5.32 Å². The molecule has 0 heterocycles.